The van der Waals surface area contributed by atoms with Crippen molar-refractivity contribution >= 4 is 42.4 Å². The summed E-state index contributed by atoms with van der Waals surface area (Å²) < 4.78 is 38.4. The van der Waals surface area contributed by atoms with Crippen molar-refractivity contribution in [3.8, 4) is 22.8 Å². The highest BCUT2D eigenvalue weighted by molar-refractivity contribution is 9.08. The second kappa shape index (κ2) is 9.78. The molecule has 1 aromatic heterocycles. The first kappa shape index (κ1) is 23.0. The number of rotatable bonds is 7. The van der Waals surface area contributed by atoms with Crippen molar-refractivity contribution in [1.82, 2.24) is 9.29 Å². The minimum Gasteiger partial charge on any atom is -0.497 e. The van der Waals surface area contributed by atoms with Gasteiger partial charge in [0.05, 0.1) is 24.8 Å². The lowest BCUT2D eigenvalue weighted by atomic mass is 10.1. The highest BCUT2D eigenvalue weighted by Crippen LogP contribution is 2.36. The quantitative estimate of drug-likeness (QED) is 0.420. The molecular formula is C22H24BrN3O4S2. The number of anilines is 1. The van der Waals surface area contributed by atoms with Crippen molar-refractivity contribution < 1.29 is 17.9 Å². The third-order valence-electron chi connectivity index (χ3n) is 5.40. The summed E-state index contributed by atoms with van der Waals surface area (Å²) in [6, 6.07) is 12.6. The molecule has 10 heteroatoms. The monoisotopic (exact) mass is 537 g/mol. The standard InChI is InChI=1S/C22H24BrN3O4S2/c1-29-17-5-8-21(30-2)19(13-17)20-15-31-22(24-20)25-9-11-26(12-10-25)32(27,28)18-6-3-16(14-23)4-7-18/h3-8,13,15H,9-12,14H2,1-2H3. The number of hydrogen-bond donors (Lipinski definition) is 0. The van der Waals surface area contributed by atoms with Crippen LogP contribution in [-0.4, -0.2) is 58.1 Å². The zero-order valence-electron chi connectivity index (χ0n) is 17.8. The first-order valence-corrected chi connectivity index (χ1v) is 13.5. The Morgan fingerprint density at radius 3 is 2.38 bits per heavy atom. The second-order valence-corrected chi connectivity index (χ2v) is 10.6. The molecule has 0 radical (unpaired) electrons. The molecule has 0 aliphatic carbocycles. The molecule has 32 heavy (non-hydrogen) atoms. The summed E-state index contributed by atoms with van der Waals surface area (Å²) >= 11 is 4.92. The molecule has 1 saturated heterocycles. The lowest BCUT2D eigenvalue weighted by Gasteiger charge is -2.33. The van der Waals surface area contributed by atoms with E-state index in [0.29, 0.717) is 36.4 Å². The van der Waals surface area contributed by atoms with Crippen LogP contribution < -0.4 is 14.4 Å². The molecule has 0 unspecified atom stereocenters. The highest BCUT2D eigenvalue weighted by atomic mass is 79.9. The van der Waals surface area contributed by atoms with Crippen LogP contribution in [0.5, 0.6) is 11.5 Å². The number of methoxy groups -OCH3 is 2. The summed E-state index contributed by atoms with van der Waals surface area (Å²) in [7, 11) is -0.246. The van der Waals surface area contributed by atoms with E-state index in [1.54, 1.807) is 30.7 Å². The first-order valence-electron chi connectivity index (χ1n) is 10.0. The van der Waals surface area contributed by atoms with Crippen molar-refractivity contribution in [1.29, 1.82) is 0 Å². The number of alkyl halides is 1. The predicted molar refractivity (Wildman–Crippen MR) is 131 cm³/mol. The van der Waals surface area contributed by atoms with E-state index < -0.39 is 10.0 Å². The van der Waals surface area contributed by atoms with Gasteiger partial charge in [0, 0.05) is 42.5 Å². The van der Waals surface area contributed by atoms with Gasteiger partial charge in [-0.05, 0) is 35.9 Å². The number of sulfonamides is 1. The van der Waals surface area contributed by atoms with E-state index in [9.17, 15) is 8.42 Å². The van der Waals surface area contributed by atoms with E-state index in [0.717, 1.165) is 33.5 Å². The number of ether oxygens (including phenoxy) is 2. The van der Waals surface area contributed by atoms with Gasteiger partial charge in [0.1, 0.15) is 11.5 Å². The van der Waals surface area contributed by atoms with E-state index in [-0.39, 0.29) is 0 Å². The van der Waals surface area contributed by atoms with E-state index in [1.807, 2.05) is 35.7 Å². The Morgan fingerprint density at radius 1 is 1.03 bits per heavy atom. The zero-order valence-corrected chi connectivity index (χ0v) is 21.0. The summed E-state index contributed by atoms with van der Waals surface area (Å²) in [6.07, 6.45) is 0. The summed E-state index contributed by atoms with van der Waals surface area (Å²) in [5.41, 5.74) is 2.71. The van der Waals surface area contributed by atoms with Crippen molar-refractivity contribution in [2.75, 3.05) is 45.3 Å². The van der Waals surface area contributed by atoms with Crippen molar-refractivity contribution in [2.45, 2.75) is 10.2 Å². The molecule has 1 fully saturated rings. The summed E-state index contributed by atoms with van der Waals surface area (Å²) in [4.78, 5) is 7.25. The molecular weight excluding hydrogens is 514 g/mol. The molecule has 1 aliphatic heterocycles. The van der Waals surface area contributed by atoms with E-state index >= 15 is 0 Å². The molecule has 1 aliphatic rings. The Morgan fingerprint density at radius 2 is 1.75 bits per heavy atom. The van der Waals surface area contributed by atoms with Gasteiger partial charge < -0.3 is 14.4 Å². The summed E-state index contributed by atoms with van der Waals surface area (Å²) in [5, 5.41) is 3.55. The third-order valence-corrected chi connectivity index (χ3v) is 8.86. The van der Waals surface area contributed by atoms with Crippen LogP contribution in [0.25, 0.3) is 11.3 Å². The van der Waals surface area contributed by atoms with Gasteiger partial charge in [-0.2, -0.15) is 4.31 Å². The van der Waals surface area contributed by atoms with Crippen LogP contribution in [0, 0.1) is 0 Å². The zero-order chi connectivity index (χ0) is 22.7. The lowest BCUT2D eigenvalue weighted by Crippen LogP contribution is -2.48. The van der Waals surface area contributed by atoms with E-state index in [1.165, 1.54) is 11.3 Å². The molecule has 7 nitrogen and oxygen atoms in total. The smallest absolute Gasteiger partial charge is 0.243 e. The maximum Gasteiger partial charge on any atom is 0.243 e. The molecule has 0 amide bonds. The molecule has 0 N–H and O–H groups in total. The molecule has 170 valence electrons. The number of thiazole rings is 1. The average molecular weight is 538 g/mol. The average Bonchev–Trinajstić information content (AvgIpc) is 3.34. The van der Waals surface area contributed by atoms with Gasteiger partial charge in [0.25, 0.3) is 0 Å². The Bertz CT molecular complexity index is 1170. The van der Waals surface area contributed by atoms with Gasteiger partial charge in [-0.15, -0.1) is 11.3 Å². The van der Waals surface area contributed by atoms with Gasteiger partial charge in [-0.25, -0.2) is 13.4 Å². The molecule has 4 rings (SSSR count). The molecule has 0 saturated carbocycles. The normalized spacial score (nSPS) is 15.0. The van der Waals surface area contributed by atoms with E-state index in [2.05, 4.69) is 20.8 Å². The van der Waals surface area contributed by atoms with Crippen molar-refractivity contribution in [3.63, 3.8) is 0 Å². The fourth-order valence-corrected chi connectivity index (χ4v) is 6.24. The van der Waals surface area contributed by atoms with Gasteiger partial charge in [-0.1, -0.05) is 28.1 Å². The Labute approximate surface area is 200 Å². The fraction of sp³-hybridized carbons (Fsp3) is 0.318. The fourth-order valence-electron chi connectivity index (χ4n) is 3.57. The number of aromatic nitrogens is 1. The van der Waals surface area contributed by atoms with Crippen LogP contribution in [0.3, 0.4) is 0 Å². The summed E-state index contributed by atoms with van der Waals surface area (Å²) in [6.45, 7) is 2.00. The van der Waals surface area contributed by atoms with Gasteiger partial charge in [0.15, 0.2) is 5.13 Å². The van der Waals surface area contributed by atoms with Crippen LogP contribution >= 0.6 is 27.3 Å². The van der Waals surface area contributed by atoms with Crippen molar-refractivity contribution in [3.05, 3.63) is 53.4 Å². The van der Waals surface area contributed by atoms with Gasteiger partial charge in [0.2, 0.25) is 10.0 Å². The first-order chi connectivity index (χ1) is 15.5. The SMILES string of the molecule is COc1ccc(OC)c(-c2csc(N3CCN(S(=O)(=O)c4ccc(CBr)cc4)CC3)n2)c1. The Kier molecular flexibility index (Phi) is 7.04. The minimum absolute atomic E-state index is 0.331. The van der Waals surface area contributed by atoms with Crippen LogP contribution in [0.1, 0.15) is 5.56 Å². The Balaban J connectivity index is 1.47. The largest absolute Gasteiger partial charge is 0.497 e. The van der Waals surface area contributed by atoms with Crippen LogP contribution in [-0.2, 0) is 15.4 Å². The molecule has 3 aromatic rings. The van der Waals surface area contributed by atoms with Gasteiger partial charge >= 0.3 is 0 Å². The van der Waals surface area contributed by atoms with Crippen molar-refractivity contribution in [2.24, 2.45) is 0 Å². The topological polar surface area (TPSA) is 72.0 Å². The Hall–Kier alpha value is -2.14. The number of hydrogen-bond acceptors (Lipinski definition) is 7. The maximum absolute atomic E-state index is 13.0. The molecule has 0 bridgehead atoms. The number of halogens is 1. The van der Waals surface area contributed by atoms with Crippen LogP contribution in [0.2, 0.25) is 0 Å². The number of benzene rings is 2. The summed E-state index contributed by atoms with van der Waals surface area (Å²) in [5.74, 6) is 1.46. The molecule has 0 atom stereocenters. The lowest BCUT2D eigenvalue weighted by molar-refractivity contribution is 0.384. The van der Waals surface area contributed by atoms with Crippen LogP contribution in [0.4, 0.5) is 5.13 Å². The number of piperazine rings is 1. The molecule has 2 heterocycles. The number of nitrogens with zero attached hydrogens (tertiary/aromatic N) is 3. The van der Waals surface area contributed by atoms with E-state index in [4.69, 9.17) is 14.5 Å². The predicted octanol–water partition coefficient (Wildman–Crippen LogP) is 4.23. The molecule has 0 spiro atoms. The highest BCUT2D eigenvalue weighted by Gasteiger charge is 2.29. The van der Waals surface area contributed by atoms with Crippen LogP contribution in [0.15, 0.2) is 52.7 Å². The molecule has 2 aromatic carbocycles. The minimum atomic E-state index is -3.50. The van der Waals surface area contributed by atoms with Gasteiger partial charge in [-0.3, -0.25) is 0 Å². The second-order valence-electron chi connectivity index (χ2n) is 7.25. The third kappa shape index (κ3) is 4.63. The maximum atomic E-state index is 13.0.